The summed E-state index contributed by atoms with van der Waals surface area (Å²) in [4.78, 5) is 26.2. The zero-order valence-electron chi connectivity index (χ0n) is 15.8. The molecule has 5 heteroatoms. The second kappa shape index (κ2) is 6.71. The molecule has 1 amide bonds. The molecule has 1 aromatic heterocycles. The van der Waals surface area contributed by atoms with Crippen molar-refractivity contribution in [3.8, 4) is 0 Å². The van der Waals surface area contributed by atoms with Gasteiger partial charge in [0.2, 0.25) is 0 Å². The van der Waals surface area contributed by atoms with Gasteiger partial charge in [-0.2, -0.15) is 0 Å². The fraction of sp³-hybridized carbons (Fsp3) is 0.476. The molecule has 0 spiro atoms. The number of anilines is 1. The Labute approximate surface area is 155 Å². The molecule has 2 fully saturated rings. The number of aromatic nitrogens is 2. The number of hydrogen-bond donors (Lipinski definition) is 0. The smallest absolute Gasteiger partial charge is 0.257 e. The van der Waals surface area contributed by atoms with Gasteiger partial charge >= 0.3 is 0 Å². The summed E-state index contributed by atoms with van der Waals surface area (Å²) < 4.78 is 0. The Balaban J connectivity index is 1.44. The van der Waals surface area contributed by atoms with E-state index in [0.29, 0.717) is 11.5 Å². The molecule has 2 heterocycles. The zero-order chi connectivity index (χ0) is 18.3. The molecule has 2 aliphatic rings. The highest BCUT2D eigenvalue weighted by atomic mass is 16.2. The van der Waals surface area contributed by atoms with Crippen molar-refractivity contribution in [2.24, 2.45) is 0 Å². The maximum atomic E-state index is 12.9. The average molecular weight is 350 g/mol. The molecule has 0 N–H and O–H groups in total. The molecule has 1 aromatic carbocycles. The number of benzene rings is 1. The maximum Gasteiger partial charge on any atom is 0.257 e. The normalized spacial score (nSPS) is 17.5. The van der Waals surface area contributed by atoms with Crippen molar-refractivity contribution < 1.29 is 4.79 Å². The lowest BCUT2D eigenvalue weighted by molar-refractivity contribution is 0.0745. The van der Waals surface area contributed by atoms with Gasteiger partial charge in [0.1, 0.15) is 5.82 Å². The minimum atomic E-state index is 0.0606. The summed E-state index contributed by atoms with van der Waals surface area (Å²) in [7, 11) is 0. The van der Waals surface area contributed by atoms with Crippen LogP contribution in [0.15, 0.2) is 24.4 Å². The molecule has 0 atom stereocenters. The van der Waals surface area contributed by atoms with Crippen LogP contribution in [0.1, 0.15) is 51.8 Å². The second-order valence-electron chi connectivity index (χ2n) is 7.50. The van der Waals surface area contributed by atoms with E-state index in [1.54, 1.807) is 6.20 Å². The Hall–Kier alpha value is -2.43. The largest absolute Gasteiger partial charge is 0.368 e. The van der Waals surface area contributed by atoms with Crippen LogP contribution in [0.4, 0.5) is 5.69 Å². The quantitative estimate of drug-likeness (QED) is 0.853. The number of rotatable bonds is 3. The third-order valence-electron chi connectivity index (χ3n) is 5.65. The Kier molecular flexibility index (Phi) is 4.39. The van der Waals surface area contributed by atoms with E-state index in [4.69, 9.17) is 0 Å². The fourth-order valence-electron chi connectivity index (χ4n) is 3.63. The third-order valence-corrected chi connectivity index (χ3v) is 5.65. The van der Waals surface area contributed by atoms with E-state index in [-0.39, 0.29) is 5.91 Å². The predicted molar refractivity (Wildman–Crippen MR) is 103 cm³/mol. The summed E-state index contributed by atoms with van der Waals surface area (Å²) in [6.45, 7) is 9.42. The molecule has 1 saturated heterocycles. The molecule has 1 aliphatic heterocycles. The summed E-state index contributed by atoms with van der Waals surface area (Å²) in [6, 6.07) is 6.43. The number of carbonyl (C=O) groups is 1. The van der Waals surface area contributed by atoms with Gasteiger partial charge in [0.25, 0.3) is 5.91 Å². The predicted octanol–water partition coefficient (Wildman–Crippen LogP) is 3.24. The van der Waals surface area contributed by atoms with E-state index < -0.39 is 0 Å². The Bertz CT molecular complexity index is 836. The van der Waals surface area contributed by atoms with Gasteiger partial charge in [-0.15, -0.1) is 0 Å². The molecule has 4 rings (SSSR count). The Morgan fingerprint density at radius 2 is 1.81 bits per heavy atom. The second-order valence-corrected chi connectivity index (χ2v) is 7.50. The number of carbonyl (C=O) groups excluding carboxylic acids is 1. The first-order chi connectivity index (χ1) is 12.5. The molecule has 0 radical (unpaired) electrons. The standard InChI is InChI=1S/C21H26N4O/c1-14-5-4-6-19(15(14)2)24-9-11-25(12-10-24)21(26)18-13-22-20(17-7-8-17)23-16(18)3/h4-6,13,17H,7-12H2,1-3H3. The Morgan fingerprint density at radius 1 is 1.08 bits per heavy atom. The van der Waals surface area contributed by atoms with Gasteiger partial charge < -0.3 is 9.80 Å². The minimum Gasteiger partial charge on any atom is -0.368 e. The number of piperazine rings is 1. The van der Waals surface area contributed by atoms with Crippen molar-refractivity contribution in [1.29, 1.82) is 0 Å². The van der Waals surface area contributed by atoms with Gasteiger partial charge in [0, 0.05) is 44.0 Å². The van der Waals surface area contributed by atoms with Crippen LogP contribution in [0.3, 0.4) is 0 Å². The highest BCUT2D eigenvalue weighted by Crippen LogP contribution is 2.38. The van der Waals surface area contributed by atoms with Gasteiger partial charge in [0.05, 0.1) is 11.3 Å². The highest BCUT2D eigenvalue weighted by molar-refractivity contribution is 5.95. The lowest BCUT2D eigenvalue weighted by Gasteiger charge is -2.37. The fourth-order valence-corrected chi connectivity index (χ4v) is 3.63. The van der Waals surface area contributed by atoms with E-state index in [1.807, 2.05) is 11.8 Å². The molecule has 0 bridgehead atoms. The lowest BCUT2D eigenvalue weighted by atomic mass is 10.1. The van der Waals surface area contributed by atoms with Crippen molar-refractivity contribution in [1.82, 2.24) is 14.9 Å². The molecule has 2 aromatic rings. The molecular weight excluding hydrogens is 324 g/mol. The van der Waals surface area contributed by atoms with Crippen LogP contribution in [-0.4, -0.2) is 47.0 Å². The highest BCUT2D eigenvalue weighted by Gasteiger charge is 2.29. The summed E-state index contributed by atoms with van der Waals surface area (Å²) in [5.74, 6) is 1.48. The van der Waals surface area contributed by atoms with E-state index in [9.17, 15) is 4.79 Å². The SMILES string of the molecule is Cc1cccc(N2CCN(C(=O)c3cnc(C4CC4)nc3C)CC2)c1C. The molecule has 1 aliphatic carbocycles. The third kappa shape index (κ3) is 3.18. The number of hydrogen-bond acceptors (Lipinski definition) is 4. The topological polar surface area (TPSA) is 49.3 Å². The summed E-state index contributed by atoms with van der Waals surface area (Å²) in [5.41, 5.74) is 5.38. The first-order valence-corrected chi connectivity index (χ1v) is 9.48. The summed E-state index contributed by atoms with van der Waals surface area (Å²) in [5, 5.41) is 0. The van der Waals surface area contributed by atoms with Crippen LogP contribution in [-0.2, 0) is 0 Å². The van der Waals surface area contributed by atoms with Crippen LogP contribution in [0.2, 0.25) is 0 Å². The number of aryl methyl sites for hydroxylation is 2. The van der Waals surface area contributed by atoms with Gasteiger partial charge in [-0.3, -0.25) is 4.79 Å². The summed E-state index contributed by atoms with van der Waals surface area (Å²) >= 11 is 0. The van der Waals surface area contributed by atoms with Crippen molar-refractivity contribution in [3.05, 3.63) is 52.6 Å². The van der Waals surface area contributed by atoms with E-state index >= 15 is 0 Å². The maximum absolute atomic E-state index is 12.9. The van der Waals surface area contributed by atoms with Crippen molar-refractivity contribution in [2.75, 3.05) is 31.1 Å². The van der Waals surface area contributed by atoms with E-state index in [0.717, 1.165) is 37.7 Å². The Morgan fingerprint density at radius 3 is 2.46 bits per heavy atom. The van der Waals surface area contributed by atoms with Gasteiger partial charge in [-0.25, -0.2) is 9.97 Å². The van der Waals surface area contributed by atoms with Crippen LogP contribution >= 0.6 is 0 Å². The van der Waals surface area contributed by atoms with Crippen LogP contribution in [0.25, 0.3) is 0 Å². The molecule has 5 nitrogen and oxygen atoms in total. The first-order valence-electron chi connectivity index (χ1n) is 9.48. The first kappa shape index (κ1) is 17.0. The molecule has 1 saturated carbocycles. The van der Waals surface area contributed by atoms with Crippen molar-refractivity contribution in [2.45, 2.75) is 39.5 Å². The number of nitrogens with zero attached hydrogens (tertiary/aromatic N) is 4. The number of amides is 1. The van der Waals surface area contributed by atoms with Gasteiger partial charge in [-0.05, 0) is 50.8 Å². The minimum absolute atomic E-state index is 0.0606. The monoisotopic (exact) mass is 350 g/mol. The molecule has 136 valence electrons. The van der Waals surface area contributed by atoms with Crippen LogP contribution in [0, 0.1) is 20.8 Å². The van der Waals surface area contributed by atoms with Gasteiger partial charge in [0.15, 0.2) is 0 Å². The zero-order valence-corrected chi connectivity index (χ0v) is 15.8. The van der Waals surface area contributed by atoms with Crippen molar-refractivity contribution in [3.63, 3.8) is 0 Å². The van der Waals surface area contributed by atoms with E-state index in [2.05, 4.69) is 46.9 Å². The average Bonchev–Trinajstić information content (AvgIpc) is 3.49. The molecular formula is C21H26N4O. The van der Waals surface area contributed by atoms with Crippen LogP contribution in [0.5, 0.6) is 0 Å². The van der Waals surface area contributed by atoms with Gasteiger partial charge in [-0.1, -0.05) is 12.1 Å². The summed E-state index contributed by atoms with van der Waals surface area (Å²) in [6.07, 6.45) is 4.08. The van der Waals surface area contributed by atoms with E-state index in [1.165, 1.54) is 29.7 Å². The lowest BCUT2D eigenvalue weighted by Crippen LogP contribution is -2.49. The molecule has 0 unspecified atom stereocenters. The molecule has 26 heavy (non-hydrogen) atoms. The van der Waals surface area contributed by atoms with Crippen LogP contribution < -0.4 is 4.90 Å². The van der Waals surface area contributed by atoms with Crippen molar-refractivity contribution >= 4 is 11.6 Å².